The molecule has 1 aromatic rings. The largest absolute Gasteiger partial charge is 0.496 e. The van der Waals surface area contributed by atoms with Crippen LogP contribution in [0, 0.1) is 6.92 Å². The number of methoxy groups -OCH3 is 1. The first-order valence-corrected chi connectivity index (χ1v) is 6.49. The highest BCUT2D eigenvalue weighted by molar-refractivity contribution is 5.47. The molecule has 3 rings (SSSR count). The van der Waals surface area contributed by atoms with Crippen molar-refractivity contribution in [2.45, 2.75) is 31.2 Å². The monoisotopic (exact) mass is 287 g/mol. The van der Waals surface area contributed by atoms with Crippen LogP contribution in [0.5, 0.6) is 5.75 Å². The third-order valence-electron chi connectivity index (χ3n) is 4.14. The van der Waals surface area contributed by atoms with Crippen LogP contribution in [0.15, 0.2) is 12.1 Å². The zero-order valence-corrected chi connectivity index (χ0v) is 11.3. The second-order valence-electron chi connectivity index (χ2n) is 5.45. The van der Waals surface area contributed by atoms with Crippen molar-refractivity contribution in [1.82, 2.24) is 5.32 Å². The number of halogens is 3. The number of rotatable bonds is 2. The van der Waals surface area contributed by atoms with Crippen LogP contribution in [0.25, 0.3) is 0 Å². The molecule has 110 valence electrons. The van der Waals surface area contributed by atoms with Crippen LogP contribution in [0.4, 0.5) is 13.2 Å². The van der Waals surface area contributed by atoms with Gasteiger partial charge in [0.05, 0.1) is 19.3 Å². The number of ether oxygens (including phenoxy) is 2. The normalized spacial score (nSPS) is 28.9. The molecule has 2 unspecified atom stereocenters. The van der Waals surface area contributed by atoms with Gasteiger partial charge in [0.25, 0.3) is 0 Å². The molecule has 0 amide bonds. The zero-order valence-electron chi connectivity index (χ0n) is 11.3. The summed E-state index contributed by atoms with van der Waals surface area (Å²) < 4.78 is 50.8. The Morgan fingerprint density at radius 2 is 2.15 bits per heavy atom. The van der Waals surface area contributed by atoms with Gasteiger partial charge in [0, 0.05) is 18.2 Å². The van der Waals surface area contributed by atoms with Crippen LogP contribution in [0.2, 0.25) is 0 Å². The van der Waals surface area contributed by atoms with Gasteiger partial charge in [0.2, 0.25) is 0 Å². The molecule has 0 saturated carbocycles. The maximum atomic E-state index is 13.3. The molecular formula is C14H16F3NO2. The lowest BCUT2D eigenvalue weighted by Gasteiger charge is -2.30. The third-order valence-corrected chi connectivity index (χ3v) is 4.14. The minimum Gasteiger partial charge on any atom is -0.496 e. The van der Waals surface area contributed by atoms with Crippen molar-refractivity contribution in [3.05, 3.63) is 28.8 Å². The number of morpholine rings is 1. The molecule has 0 radical (unpaired) electrons. The Kier molecular flexibility index (Phi) is 2.99. The van der Waals surface area contributed by atoms with Gasteiger partial charge in [-0.25, -0.2) is 0 Å². The number of alkyl halides is 3. The van der Waals surface area contributed by atoms with E-state index in [1.807, 2.05) is 0 Å². The second-order valence-corrected chi connectivity index (χ2v) is 5.45. The Balaban J connectivity index is 2.17. The van der Waals surface area contributed by atoms with E-state index in [0.29, 0.717) is 30.9 Å². The van der Waals surface area contributed by atoms with Crippen molar-refractivity contribution < 1.29 is 22.6 Å². The number of aryl methyl sites for hydroxylation is 1. The molecule has 0 aromatic heterocycles. The van der Waals surface area contributed by atoms with Crippen molar-refractivity contribution in [3.8, 4) is 5.75 Å². The molecule has 2 saturated heterocycles. The van der Waals surface area contributed by atoms with E-state index in [-0.39, 0.29) is 11.6 Å². The molecule has 20 heavy (non-hydrogen) atoms. The molecule has 2 heterocycles. The van der Waals surface area contributed by atoms with E-state index in [9.17, 15) is 13.2 Å². The van der Waals surface area contributed by atoms with Gasteiger partial charge >= 0.3 is 6.18 Å². The van der Waals surface area contributed by atoms with E-state index in [1.54, 1.807) is 6.92 Å². The van der Waals surface area contributed by atoms with Crippen LogP contribution in [0.3, 0.4) is 0 Å². The lowest BCUT2D eigenvalue weighted by Crippen LogP contribution is -2.38. The van der Waals surface area contributed by atoms with Crippen molar-refractivity contribution in [1.29, 1.82) is 0 Å². The number of fused-ring (bicyclic) bond motifs is 2. The van der Waals surface area contributed by atoms with Crippen molar-refractivity contribution in [2.24, 2.45) is 0 Å². The second kappa shape index (κ2) is 4.36. The average Bonchev–Trinajstić information content (AvgIpc) is 2.98. The fourth-order valence-electron chi connectivity index (χ4n) is 3.14. The van der Waals surface area contributed by atoms with Crippen LogP contribution in [-0.2, 0) is 16.5 Å². The average molecular weight is 287 g/mol. The summed E-state index contributed by atoms with van der Waals surface area (Å²) in [5, 5.41) is 3.19. The summed E-state index contributed by atoms with van der Waals surface area (Å²) in [5.41, 5.74) is -0.850. The quantitative estimate of drug-likeness (QED) is 0.907. The number of hydrogen-bond acceptors (Lipinski definition) is 3. The Hall–Kier alpha value is -1.27. The molecule has 2 aliphatic heterocycles. The first-order chi connectivity index (χ1) is 9.36. The van der Waals surface area contributed by atoms with Crippen molar-refractivity contribution >= 4 is 0 Å². The van der Waals surface area contributed by atoms with Gasteiger partial charge in [-0.15, -0.1) is 0 Å². The van der Waals surface area contributed by atoms with Gasteiger partial charge in [-0.2, -0.15) is 13.2 Å². The molecule has 3 nitrogen and oxygen atoms in total. The maximum Gasteiger partial charge on any atom is 0.416 e. The van der Waals surface area contributed by atoms with E-state index in [4.69, 9.17) is 9.47 Å². The number of nitrogens with one attached hydrogen (secondary N) is 1. The van der Waals surface area contributed by atoms with Gasteiger partial charge in [-0.1, -0.05) is 0 Å². The van der Waals surface area contributed by atoms with Gasteiger partial charge < -0.3 is 14.8 Å². The summed E-state index contributed by atoms with van der Waals surface area (Å²) in [6.45, 7) is 2.47. The molecule has 0 aliphatic carbocycles. The molecule has 1 aromatic carbocycles. The highest BCUT2D eigenvalue weighted by Gasteiger charge is 2.51. The van der Waals surface area contributed by atoms with Crippen LogP contribution >= 0.6 is 0 Å². The Morgan fingerprint density at radius 1 is 1.40 bits per heavy atom. The highest BCUT2D eigenvalue weighted by atomic mass is 19.4. The summed E-state index contributed by atoms with van der Waals surface area (Å²) in [7, 11) is 1.46. The first kappa shape index (κ1) is 13.7. The predicted octanol–water partition coefficient (Wildman–Crippen LogP) is 2.61. The molecule has 2 fully saturated rings. The summed E-state index contributed by atoms with van der Waals surface area (Å²) in [6.07, 6.45) is -3.83. The molecule has 2 bridgehead atoms. The molecule has 0 spiro atoms. The van der Waals surface area contributed by atoms with Gasteiger partial charge in [0.15, 0.2) is 0 Å². The zero-order chi connectivity index (χ0) is 14.5. The highest BCUT2D eigenvalue weighted by Crippen LogP contribution is 2.47. The van der Waals surface area contributed by atoms with Crippen LogP contribution in [-0.4, -0.2) is 26.3 Å². The van der Waals surface area contributed by atoms with Crippen LogP contribution in [0.1, 0.15) is 23.1 Å². The summed E-state index contributed by atoms with van der Waals surface area (Å²) in [5.74, 6) is 0.460. The topological polar surface area (TPSA) is 30.5 Å². The van der Waals surface area contributed by atoms with E-state index >= 15 is 0 Å². The first-order valence-electron chi connectivity index (χ1n) is 6.49. The number of hydrogen-bond donors (Lipinski definition) is 1. The molecule has 1 N–H and O–H groups in total. The molecule has 6 heteroatoms. The molecule has 2 aliphatic rings. The molecule has 2 atom stereocenters. The Labute approximate surface area is 115 Å². The fraction of sp³-hybridized carbons (Fsp3) is 0.571. The molecular weight excluding hydrogens is 271 g/mol. The standard InChI is InChI=1S/C14H16F3NO2/c1-8-3-11(14(15,16)17)10(4-12(8)19-2)13-5-9(6-20-13)18-7-13/h3-4,9,18H,5-7H2,1-2H3. The van der Waals surface area contributed by atoms with Crippen molar-refractivity contribution in [3.63, 3.8) is 0 Å². The minimum absolute atomic E-state index is 0.142. The fourth-order valence-corrected chi connectivity index (χ4v) is 3.14. The summed E-state index contributed by atoms with van der Waals surface area (Å²) in [4.78, 5) is 0. The van der Waals surface area contributed by atoms with Crippen LogP contribution < -0.4 is 10.1 Å². The Morgan fingerprint density at radius 3 is 2.60 bits per heavy atom. The van der Waals surface area contributed by atoms with Gasteiger partial charge in [-0.05, 0) is 31.0 Å². The predicted molar refractivity (Wildman–Crippen MR) is 66.8 cm³/mol. The maximum absolute atomic E-state index is 13.3. The number of benzene rings is 1. The van der Waals surface area contributed by atoms with E-state index in [0.717, 1.165) is 6.07 Å². The van der Waals surface area contributed by atoms with Gasteiger partial charge in [0.1, 0.15) is 11.4 Å². The minimum atomic E-state index is -4.40. The van der Waals surface area contributed by atoms with E-state index in [2.05, 4.69) is 5.32 Å². The summed E-state index contributed by atoms with van der Waals surface area (Å²) in [6, 6.07) is 2.77. The lowest BCUT2D eigenvalue weighted by atomic mass is 9.87. The smallest absolute Gasteiger partial charge is 0.416 e. The Bertz CT molecular complexity index is 534. The van der Waals surface area contributed by atoms with E-state index in [1.165, 1.54) is 13.2 Å². The SMILES string of the molecule is COc1cc(C23CNC(CO2)C3)c(C(F)(F)F)cc1C. The van der Waals surface area contributed by atoms with Gasteiger partial charge in [-0.3, -0.25) is 0 Å². The lowest BCUT2D eigenvalue weighted by molar-refractivity contribution is -0.141. The third kappa shape index (κ3) is 1.98. The van der Waals surface area contributed by atoms with Crippen molar-refractivity contribution in [2.75, 3.05) is 20.3 Å². The van der Waals surface area contributed by atoms with E-state index < -0.39 is 17.3 Å². The summed E-state index contributed by atoms with van der Waals surface area (Å²) >= 11 is 0.